The molecule has 1 saturated carbocycles. The number of hydrogen-bond acceptors (Lipinski definition) is 2. The minimum Gasteiger partial charge on any atom is -0.465 e. The minimum atomic E-state index is -0.393. The molecule has 2 fully saturated rings. The molecule has 3 aliphatic rings. The van der Waals surface area contributed by atoms with Gasteiger partial charge >= 0.3 is 5.97 Å². The molecule has 1 unspecified atom stereocenters. The predicted molar refractivity (Wildman–Crippen MR) is 71.4 cm³/mol. The van der Waals surface area contributed by atoms with Crippen LogP contribution in [0.15, 0.2) is 11.6 Å². The van der Waals surface area contributed by atoms with E-state index in [4.69, 9.17) is 16.3 Å². The molecule has 5 atom stereocenters. The maximum Gasteiger partial charge on any atom is 0.316 e. The summed E-state index contributed by atoms with van der Waals surface area (Å²) >= 11 is 6.51. The van der Waals surface area contributed by atoms with Gasteiger partial charge in [0.1, 0.15) is 0 Å². The molecule has 1 aliphatic heterocycles. The summed E-state index contributed by atoms with van der Waals surface area (Å²) in [5.74, 6) is 0.837. The quantitative estimate of drug-likeness (QED) is 0.382. The Morgan fingerprint density at radius 2 is 2.06 bits per heavy atom. The fraction of sp³-hybridized carbons (Fsp3) is 0.800. The number of halogens is 1. The SMILES string of the molecule is CC1COC(=O)[C@]12C=C1[C@H](Cl)CC[C@H](C)[C@@]1(C)C2. The van der Waals surface area contributed by atoms with E-state index >= 15 is 0 Å². The summed E-state index contributed by atoms with van der Waals surface area (Å²) in [4.78, 5) is 12.2. The molecule has 3 heteroatoms. The summed E-state index contributed by atoms with van der Waals surface area (Å²) in [6.45, 7) is 7.25. The van der Waals surface area contributed by atoms with E-state index in [9.17, 15) is 4.79 Å². The largest absolute Gasteiger partial charge is 0.465 e. The van der Waals surface area contributed by atoms with Crippen molar-refractivity contribution in [3.63, 3.8) is 0 Å². The van der Waals surface area contributed by atoms with Crippen LogP contribution in [0.25, 0.3) is 0 Å². The fourth-order valence-electron chi connectivity index (χ4n) is 4.11. The van der Waals surface area contributed by atoms with Crippen LogP contribution >= 0.6 is 11.6 Å². The van der Waals surface area contributed by atoms with Gasteiger partial charge in [-0.2, -0.15) is 0 Å². The second-order valence-electron chi connectivity index (χ2n) is 6.68. The number of cyclic esters (lactones) is 1. The second-order valence-corrected chi connectivity index (χ2v) is 7.21. The predicted octanol–water partition coefficient (Wildman–Crippen LogP) is 3.54. The molecular weight excluding hydrogens is 248 g/mol. The number of carbonyl (C=O) groups excluding carboxylic acids is 1. The highest BCUT2D eigenvalue weighted by atomic mass is 35.5. The fourth-order valence-corrected chi connectivity index (χ4v) is 4.55. The molecule has 0 aromatic heterocycles. The summed E-state index contributed by atoms with van der Waals surface area (Å²) in [7, 11) is 0. The number of alkyl halides is 1. The van der Waals surface area contributed by atoms with Gasteiger partial charge in [-0.3, -0.25) is 4.79 Å². The Hall–Kier alpha value is -0.500. The lowest BCUT2D eigenvalue weighted by Crippen LogP contribution is -2.37. The first-order chi connectivity index (χ1) is 8.40. The molecule has 0 aromatic carbocycles. The van der Waals surface area contributed by atoms with Crippen LogP contribution in [0, 0.1) is 22.7 Å². The van der Waals surface area contributed by atoms with Gasteiger partial charge in [0.25, 0.3) is 0 Å². The number of esters is 1. The van der Waals surface area contributed by atoms with E-state index in [1.807, 2.05) is 0 Å². The molecule has 3 rings (SSSR count). The van der Waals surface area contributed by atoms with Crippen LogP contribution in [0.4, 0.5) is 0 Å². The maximum absolute atomic E-state index is 12.2. The summed E-state index contributed by atoms with van der Waals surface area (Å²) in [6.07, 6.45) is 5.26. The molecule has 2 aliphatic carbocycles. The van der Waals surface area contributed by atoms with E-state index in [1.54, 1.807) is 0 Å². The Kier molecular flexibility index (Phi) is 2.61. The molecule has 0 amide bonds. The zero-order chi connectivity index (χ0) is 13.1. The summed E-state index contributed by atoms with van der Waals surface area (Å²) in [6, 6.07) is 0. The molecule has 18 heavy (non-hydrogen) atoms. The van der Waals surface area contributed by atoms with Gasteiger partial charge < -0.3 is 4.74 Å². The Balaban J connectivity index is 2.07. The zero-order valence-electron chi connectivity index (χ0n) is 11.3. The first-order valence-corrected chi connectivity index (χ1v) is 7.38. The third-order valence-electron chi connectivity index (χ3n) is 5.73. The Morgan fingerprint density at radius 3 is 2.61 bits per heavy atom. The first-order valence-electron chi connectivity index (χ1n) is 6.95. The minimum absolute atomic E-state index is 0.0332. The number of ether oxygens (including phenoxy) is 1. The molecule has 100 valence electrons. The Labute approximate surface area is 114 Å². The highest BCUT2D eigenvalue weighted by molar-refractivity contribution is 6.22. The molecular formula is C15H21ClO2. The van der Waals surface area contributed by atoms with Crippen LogP contribution in [-0.4, -0.2) is 18.0 Å². The van der Waals surface area contributed by atoms with Gasteiger partial charge in [-0.05, 0) is 36.2 Å². The van der Waals surface area contributed by atoms with Crippen molar-refractivity contribution >= 4 is 17.6 Å². The van der Waals surface area contributed by atoms with Crippen molar-refractivity contribution in [1.29, 1.82) is 0 Å². The highest BCUT2D eigenvalue weighted by Gasteiger charge is 2.60. The summed E-state index contributed by atoms with van der Waals surface area (Å²) in [5.41, 5.74) is 0.992. The van der Waals surface area contributed by atoms with E-state index in [-0.39, 0.29) is 22.7 Å². The van der Waals surface area contributed by atoms with Crippen LogP contribution in [0.1, 0.15) is 40.0 Å². The van der Waals surface area contributed by atoms with E-state index < -0.39 is 5.41 Å². The lowest BCUT2D eigenvalue weighted by atomic mass is 9.63. The van der Waals surface area contributed by atoms with Crippen molar-refractivity contribution in [2.45, 2.75) is 45.4 Å². The number of fused-ring (bicyclic) bond motifs is 1. The summed E-state index contributed by atoms with van der Waals surface area (Å²) < 4.78 is 5.30. The van der Waals surface area contributed by atoms with Crippen molar-refractivity contribution in [3.8, 4) is 0 Å². The number of rotatable bonds is 0. The van der Waals surface area contributed by atoms with E-state index in [0.717, 1.165) is 19.3 Å². The highest BCUT2D eigenvalue weighted by Crippen LogP contribution is 2.62. The van der Waals surface area contributed by atoms with Crippen molar-refractivity contribution in [3.05, 3.63) is 11.6 Å². The monoisotopic (exact) mass is 268 g/mol. The number of carbonyl (C=O) groups is 1. The second kappa shape index (κ2) is 3.75. The van der Waals surface area contributed by atoms with Gasteiger partial charge in [0, 0.05) is 5.92 Å². The van der Waals surface area contributed by atoms with Gasteiger partial charge in [-0.25, -0.2) is 0 Å². The van der Waals surface area contributed by atoms with Crippen LogP contribution in [0.5, 0.6) is 0 Å². The smallest absolute Gasteiger partial charge is 0.316 e. The lowest BCUT2D eigenvalue weighted by molar-refractivity contribution is -0.145. The molecule has 0 bridgehead atoms. The van der Waals surface area contributed by atoms with Crippen LogP contribution in [0.2, 0.25) is 0 Å². The normalized spacial score (nSPS) is 51.2. The third kappa shape index (κ3) is 1.39. The van der Waals surface area contributed by atoms with Crippen molar-refractivity contribution in [2.75, 3.05) is 6.61 Å². The Bertz CT molecular complexity index is 430. The van der Waals surface area contributed by atoms with Crippen LogP contribution in [0.3, 0.4) is 0 Å². The van der Waals surface area contributed by atoms with Crippen LogP contribution in [-0.2, 0) is 9.53 Å². The first kappa shape index (κ1) is 12.5. The zero-order valence-corrected chi connectivity index (χ0v) is 12.1. The Morgan fingerprint density at radius 1 is 1.33 bits per heavy atom. The van der Waals surface area contributed by atoms with Gasteiger partial charge in [-0.1, -0.05) is 26.8 Å². The molecule has 2 nitrogen and oxygen atoms in total. The summed E-state index contributed by atoms with van der Waals surface area (Å²) in [5, 5.41) is 0.103. The van der Waals surface area contributed by atoms with Crippen molar-refractivity contribution in [2.24, 2.45) is 22.7 Å². The van der Waals surface area contributed by atoms with Gasteiger partial charge in [0.15, 0.2) is 0 Å². The molecule has 0 aromatic rings. The average molecular weight is 269 g/mol. The van der Waals surface area contributed by atoms with E-state index in [0.29, 0.717) is 12.5 Å². The maximum atomic E-state index is 12.2. The van der Waals surface area contributed by atoms with Crippen LogP contribution < -0.4 is 0 Å². The molecule has 1 heterocycles. The molecule has 1 saturated heterocycles. The van der Waals surface area contributed by atoms with Gasteiger partial charge in [0.05, 0.1) is 17.4 Å². The van der Waals surface area contributed by atoms with Gasteiger partial charge in [0.2, 0.25) is 0 Å². The molecule has 1 spiro atoms. The number of allylic oxidation sites excluding steroid dienone is 1. The van der Waals surface area contributed by atoms with Crippen molar-refractivity contribution < 1.29 is 9.53 Å². The molecule has 0 N–H and O–H groups in total. The van der Waals surface area contributed by atoms with E-state index in [2.05, 4.69) is 26.8 Å². The number of hydrogen-bond donors (Lipinski definition) is 0. The topological polar surface area (TPSA) is 26.3 Å². The molecule has 0 radical (unpaired) electrons. The van der Waals surface area contributed by atoms with Gasteiger partial charge in [-0.15, -0.1) is 11.6 Å². The standard InChI is InChI=1S/C15H21ClO2/c1-9-4-5-12(16)11-6-15(8-14(9,11)3)10(2)7-18-13(15)17/h6,9-10,12H,4-5,7-8H2,1-3H3/t9-,10?,12+,14+,15-/m0/s1. The van der Waals surface area contributed by atoms with E-state index in [1.165, 1.54) is 5.57 Å². The lowest BCUT2D eigenvalue weighted by Gasteiger charge is -2.42. The third-order valence-corrected chi connectivity index (χ3v) is 6.19. The van der Waals surface area contributed by atoms with Crippen molar-refractivity contribution in [1.82, 2.24) is 0 Å². The average Bonchev–Trinajstić information content (AvgIpc) is 2.80.